The summed E-state index contributed by atoms with van der Waals surface area (Å²) in [5.74, 6) is 0.636. The second-order valence-corrected chi connectivity index (χ2v) is 5.78. The van der Waals surface area contributed by atoms with Gasteiger partial charge in [-0.3, -0.25) is 9.59 Å². The quantitative estimate of drug-likeness (QED) is 0.905. The minimum atomic E-state index is 0.0496. The van der Waals surface area contributed by atoms with Gasteiger partial charge in [0.15, 0.2) is 0 Å². The van der Waals surface area contributed by atoms with Gasteiger partial charge in [-0.1, -0.05) is 20.3 Å². The smallest absolute Gasteiger partial charge is 0.253 e. The Labute approximate surface area is 126 Å². The molecule has 4 nitrogen and oxygen atoms in total. The van der Waals surface area contributed by atoms with Crippen molar-refractivity contribution in [1.29, 1.82) is 0 Å². The Morgan fingerprint density at radius 1 is 1.33 bits per heavy atom. The van der Waals surface area contributed by atoms with E-state index in [1.165, 1.54) is 0 Å². The number of amides is 2. The van der Waals surface area contributed by atoms with Crippen molar-refractivity contribution in [3.05, 3.63) is 29.3 Å². The minimum Gasteiger partial charge on any atom is -0.339 e. The van der Waals surface area contributed by atoms with E-state index in [9.17, 15) is 9.59 Å². The fourth-order valence-corrected chi connectivity index (χ4v) is 2.56. The van der Waals surface area contributed by atoms with Gasteiger partial charge in [0.05, 0.1) is 0 Å². The maximum Gasteiger partial charge on any atom is 0.253 e. The Morgan fingerprint density at radius 2 is 2.10 bits per heavy atom. The van der Waals surface area contributed by atoms with Gasteiger partial charge in [0.1, 0.15) is 0 Å². The molecule has 1 aliphatic rings. The number of fused-ring (bicyclic) bond motifs is 1. The molecular weight excluding hydrogens is 264 g/mol. The molecule has 0 saturated heterocycles. The zero-order valence-corrected chi connectivity index (χ0v) is 13.1. The predicted octanol–water partition coefficient (Wildman–Crippen LogP) is 3.08. The molecule has 4 heteroatoms. The molecule has 0 fully saturated rings. The summed E-state index contributed by atoms with van der Waals surface area (Å²) in [4.78, 5) is 25.9. The number of anilines is 1. The van der Waals surface area contributed by atoms with Crippen LogP contribution in [0.2, 0.25) is 0 Å². The Kier molecular flexibility index (Phi) is 4.99. The molecule has 21 heavy (non-hydrogen) atoms. The molecule has 2 rings (SSSR count). The lowest BCUT2D eigenvalue weighted by Gasteiger charge is -2.25. The number of aryl methyl sites for hydroxylation is 1. The fourth-order valence-electron chi connectivity index (χ4n) is 2.56. The van der Waals surface area contributed by atoms with E-state index < -0.39 is 0 Å². The first-order chi connectivity index (χ1) is 10.0. The van der Waals surface area contributed by atoms with Gasteiger partial charge in [-0.15, -0.1) is 0 Å². The van der Waals surface area contributed by atoms with Crippen LogP contribution in [0.4, 0.5) is 5.69 Å². The SMILES string of the molecule is CCC(C)CN(CC)C(=O)c1ccc2c(c1)CCC(=O)N2. The van der Waals surface area contributed by atoms with Crippen molar-refractivity contribution in [2.45, 2.75) is 40.0 Å². The standard InChI is InChI=1S/C17H24N2O2/c1-4-12(3)11-19(5-2)17(21)14-6-8-15-13(10-14)7-9-16(20)18-15/h6,8,10,12H,4-5,7,9,11H2,1-3H3,(H,18,20). The van der Waals surface area contributed by atoms with Crippen LogP contribution >= 0.6 is 0 Å². The maximum atomic E-state index is 12.6. The summed E-state index contributed by atoms with van der Waals surface area (Å²) in [7, 11) is 0. The van der Waals surface area contributed by atoms with Crippen LogP contribution in [-0.2, 0) is 11.2 Å². The van der Waals surface area contributed by atoms with Crippen molar-refractivity contribution in [2.75, 3.05) is 18.4 Å². The Bertz CT molecular complexity index is 540. The maximum absolute atomic E-state index is 12.6. The third-order valence-electron chi connectivity index (χ3n) is 4.15. The number of carbonyl (C=O) groups is 2. The van der Waals surface area contributed by atoms with Gasteiger partial charge in [-0.25, -0.2) is 0 Å². The average Bonchev–Trinajstić information content (AvgIpc) is 2.51. The van der Waals surface area contributed by atoms with E-state index in [-0.39, 0.29) is 11.8 Å². The van der Waals surface area contributed by atoms with E-state index in [0.29, 0.717) is 18.8 Å². The molecule has 1 aliphatic heterocycles. The lowest BCUT2D eigenvalue weighted by atomic mass is 9.99. The molecule has 1 aromatic carbocycles. The van der Waals surface area contributed by atoms with Crippen LogP contribution in [0.3, 0.4) is 0 Å². The molecule has 1 heterocycles. The topological polar surface area (TPSA) is 49.4 Å². The van der Waals surface area contributed by atoms with Crippen LogP contribution < -0.4 is 5.32 Å². The fraction of sp³-hybridized carbons (Fsp3) is 0.529. The molecule has 1 aromatic rings. The Balaban J connectivity index is 2.17. The van der Waals surface area contributed by atoms with Crippen molar-refractivity contribution in [3.8, 4) is 0 Å². The summed E-state index contributed by atoms with van der Waals surface area (Å²) in [5.41, 5.74) is 2.61. The molecule has 1 atom stereocenters. The van der Waals surface area contributed by atoms with E-state index in [1.807, 2.05) is 30.0 Å². The highest BCUT2D eigenvalue weighted by atomic mass is 16.2. The zero-order chi connectivity index (χ0) is 15.4. The van der Waals surface area contributed by atoms with Crippen LogP contribution in [-0.4, -0.2) is 29.8 Å². The third kappa shape index (κ3) is 3.63. The molecule has 0 aliphatic carbocycles. The zero-order valence-electron chi connectivity index (χ0n) is 13.1. The van der Waals surface area contributed by atoms with Crippen molar-refractivity contribution in [3.63, 3.8) is 0 Å². The second kappa shape index (κ2) is 6.74. The van der Waals surface area contributed by atoms with E-state index in [1.54, 1.807) is 0 Å². The largest absolute Gasteiger partial charge is 0.339 e. The number of carbonyl (C=O) groups excluding carboxylic acids is 2. The van der Waals surface area contributed by atoms with Crippen LogP contribution in [0.25, 0.3) is 0 Å². The predicted molar refractivity (Wildman–Crippen MR) is 84.4 cm³/mol. The third-order valence-corrected chi connectivity index (χ3v) is 4.15. The highest BCUT2D eigenvalue weighted by Crippen LogP contribution is 2.24. The van der Waals surface area contributed by atoms with Crippen molar-refractivity contribution in [2.24, 2.45) is 5.92 Å². The van der Waals surface area contributed by atoms with Crippen LogP contribution in [0.5, 0.6) is 0 Å². The average molecular weight is 288 g/mol. The lowest BCUT2D eigenvalue weighted by molar-refractivity contribution is -0.116. The van der Waals surface area contributed by atoms with E-state index >= 15 is 0 Å². The molecule has 0 saturated carbocycles. The van der Waals surface area contributed by atoms with E-state index in [4.69, 9.17) is 0 Å². The number of hydrogen-bond donors (Lipinski definition) is 1. The number of nitrogens with zero attached hydrogens (tertiary/aromatic N) is 1. The first-order valence-corrected chi connectivity index (χ1v) is 7.77. The lowest BCUT2D eigenvalue weighted by Crippen LogP contribution is -2.34. The summed E-state index contributed by atoms with van der Waals surface area (Å²) in [5, 5.41) is 2.85. The number of nitrogens with one attached hydrogen (secondary N) is 1. The normalized spacial score (nSPS) is 15.1. The van der Waals surface area contributed by atoms with Crippen molar-refractivity contribution < 1.29 is 9.59 Å². The van der Waals surface area contributed by atoms with Gasteiger partial charge in [0, 0.05) is 30.8 Å². The highest BCUT2D eigenvalue weighted by molar-refractivity contribution is 5.97. The van der Waals surface area contributed by atoms with Crippen molar-refractivity contribution in [1.82, 2.24) is 4.90 Å². The van der Waals surface area contributed by atoms with Gasteiger partial charge >= 0.3 is 0 Å². The number of benzene rings is 1. The van der Waals surface area contributed by atoms with Gasteiger partial charge in [0.2, 0.25) is 5.91 Å². The first kappa shape index (κ1) is 15.5. The van der Waals surface area contributed by atoms with Crippen LogP contribution in [0, 0.1) is 5.92 Å². The molecule has 114 valence electrons. The number of rotatable bonds is 5. The Hall–Kier alpha value is -1.84. The number of hydrogen-bond acceptors (Lipinski definition) is 2. The van der Waals surface area contributed by atoms with Gasteiger partial charge in [-0.2, -0.15) is 0 Å². The summed E-state index contributed by atoms with van der Waals surface area (Å²) in [6.07, 6.45) is 2.27. The van der Waals surface area contributed by atoms with Gasteiger partial charge in [-0.05, 0) is 43.0 Å². The van der Waals surface area contributed by atoms with E-state index in [0.717, 1.165) is 36.3 Å². The van der Waals surface area contributed by atoms with Gasteiger partial charge < -0.3 is 10.2 Å². The second-order valence-electron chi connectivity index (χ2n) is 5.78. The molecule has 0 spiro atoms. The summed E-state index contributed by atoms with van der Waals surface area (Å²) < 4.78 is 0. The van der Waals surface area contributed by atoms with Gasteiger partial charge in [0.25, 0.3) is 5.91 Å². The molecule has 1 unspecified atom stereocenters. The van der Waals surface area contributed by atoms with Crippen LogP contribution in [0.15, 0.2) is 18.2 Å². The molecule has 1 N–H and O–H groups in total. The van der Waals surface area contributed by atoms with Crippen molar-refractivity contribution >= 4 is 17.5 Å². The molecule has 0 radical (unpaired) electrons. The summed E-state index contributed by atoms with van der Waals surface area (Å²) in [6, 6.07) is 5.58. The molecule has 0 bridgehead atoms. The Morgan fingerprint density at radius 3 is 2.76 bits per heavy atom. The molecule has 0 aromatic heterocycles. The van der Waals surface area contributed by atoms with Crippen LogP contribution in [0.1, 0.15) is 49.5 Å². The molecular formula is C17H24N2O2. The molecule has 2 amide bonds. The van der Waals surface area contributed by atoms with E-state index in [2.05, 4.69) is 19.2 Å². The highest BCUT2D eigenvalue weighted by Gasteiger charge is 2.20. The summed E-state index contributed by atoms with van der Waals surface area (Å²) in [6.45, 7) is 7.83. The first-order valence-electron chi connectivity index (χ1n) is 7.77. The minimum absolute atomic E-state index is 0.0496. The monoisotopic (exact) mass is 288 g/mol. The summed E-state index contributed by atoms with van der Waals surface area (Å²) >= 11 is 0.